The summed E-state index contributed by atoms with van der Waals surface area (Å²) in [6, 6.07) is 9.46. The SMILES string of the molecule is Nc1nccc[n+]1COc1ccccc1Br. The molecule has 0 fully saturated rings. The van der Waals surface area contributed by atoms with E-state index >= 15 is 0 Å². The van der Waals surface area contributed by atoms with Crippen molar-refractivity contribution in [3.63, 3.8) is 0 Å². The molecule has 0 atom stereocenters. The third-order valence-corrected chi connectivity index (χ3v) is 2.70. The molecule has 82 valence electrons. The van der Waals surface area contributed by atoms with Crippen LogP contribution in [0, 0.1) is 0 Å². The molecule has 2 rings (SSSR count). The zero-order chi connectivity index (χ0) is 11.4. The molecule has 1 heterocycles. The number of hydrogen-bond acceptors (Lipinski definition) is 3. The Labute approximate surface area is 102 Å². The van der Waals surface area contributed by atoms with E-state index in [9.17, 15) is 0 Å². The van der Waals surface area contributed by atoms with Gasteiger partial charge in [0.15, 0.2) is 0 Å². The first-order chi connectivity index (χ1) is 7.77. The van der Waals surface area contributed by atoms with Crippen molar-refractivity contribution in [2.75, 3.05) is 5.73 Å². The summed E-state index contributed by atoms with van der Waals surface area (Å²) in [6.07, 6.45) is 3.46. The van der Waals surface area contributed by atoms with E-state index in [1.165, 1.54) is 0 Å². The van der Waals surface area contributed by atoms with Crippen LogP contribution in [0.4, 0.5) is 5.95 Å². The highest BCUT2D eigenvalue weighted by Gasteiger charge is 2.05. The van der Waals surface area contributed by atoms with Gasteiger partial charge in [-0.2, -0.15) is 0 Å². The van der Waals surface area contributed by atoms with Gasteiger partial charge in [-0.15, -0.1) is 0 Å². The van der Waals surface area contributed by atoms with Gasteiger partial charge >= 0.3 is 5.95 Å². The summed E-state index contributed by atoms with van der Waals surface area (Å²) in [4.78, 5) is 3.96. The summed E-state index contributed by atoms with van der Waals surface area (Å²) in [7, 11) is 0. The highest BCUT2D eigenvalue weighted by molar-refractivity contribution is 9.10. The van der Waals surface area contributed by atoms with Gasteiger partial charge in [0.05, 0.1) is 10.7 Å². The smallest absolute Gasteiger partial charge is 0.391 e. The third kappa shape index (κ3) is 2.49. The Morgan fingerprint density at radius 2 is 2.12 bits per heavy atom. The number of nitrogens with two attached hydrogens (primary N) is 1. The minimum atomic E-state index is 0.336. The third-order valence-electron chi connectivity index (χ3n) is 2.05. The van der Waals surface area contributed by atoms with Crippen LogP contribution in [0.1, 0.15) is 0 Å². The lowest BCUT2D eigenvalue weighted by molar-refractivity contribution is -0.713. The molecular formula is C11H11BrN3O+. The van der Waals surface area contributed by atoms with Gasteiger partial charge in [0.1, 0.15) is 11.9 Å². The normalized spacial score (nSPS) is 10.1. The number of rotatable bonds is 3. The predicted molar refractivity (Wildman–Crippen MR) is 63.6 cm³/mol. The van der Waals surface area contributed by atoms with E-state index in [1.807, 2.05) is 30.5 Å². The molecule has 0 radical (unpaired) electrons. The van der Waals surface area contributed by atoms with Crippen LogP contribution < -0.4 is 15.0 Å². The van der Waals surface area contributed by atoms with Crippen LogP contribution in [0.15, 0.2) is 47.2 Å². The zero-order valence-electron chi connectivity index (χ0n) is 8.51. The van der Waals surface area contributed by atoms with Crippen molar-refractivity contribution in [1.82, 2.24) is 4.98 Å². The molecule has 0 bridgehead atoms. The molecule has 0 unspecified atom stereocenters. The summed E-state index contributed by atoms with van der Waals surface area (Å²) < 4.78 is 8.24. The van der Waals surface area contributed by atoms with Crippen LogP contribution in [0.25, 0.3) is 0 Å². The second-order valence-electron chi connectivity index (χ2n) is 3.15. The standard InChI is InChI=1S/C11H10BrN3O/c12-9-4-1-2-5-10(9)16-8-15-7-3-6-14-11(15)13/h1-7,13H,8H2/p+1. The lowest BCUT2D eigenvalue weighted by atomic mass is 10.3. The molecule has 0 saturated heterocycles. The Kier molecular flexibility index (Phi) is 3.36. The largest absolute Gasteiger partial charge is 0.459 e. The van der Waals surface area contributed by atoms with Gasteiger partial charge < -0.3 is 4.74 Å². The average Bonchev–Trinajstić information content (AvgIpc) is 2.30. The van der Waals surface area contributed by atoms with Gasteiger partial charge in [0.2, 0.25) is 6.73 Å². The Hall–Kier alpha value is -1.62. The van der Waals surface area contributed by atoms with Gasteiger partial charge in [-0.3, -0.25) is 5.73 Å². The Morgan fingerprint density at radius 1 is 1.31 bits per heavy atom. The Bertz CT molecular complexity index is 445. The highest BCUT2D eigenvalue weighted by Crippen LogP contribution is 2.23. The first-order valence-electron chi connectivity index (χ1n) is 4.74. The van der Waals surface area contributed by atoms with E-state index in [2.05, 4.69) is 20.9 Å². The van der Waals surface area contributed by atoms with E-state index in [0.29, 0.717) is 12.7 Å². The topological polar surface area (TPSA) is 52.0 Å². The molecule has 2 aromatic rings. The molecule has 4 nitrogen and oxygen atoms in total. The molecule has 16 heavy (non-hydrogen) atoms. The number of aromatic nitrogens is 2. The van der Waals surface area contributed by atoms with E-state index in [4.69, 9.17) is 10.5 Å². The van der Waals surface area contributed by atoms with Crippen molar-refractivity contribution in [1.29, 1.82) is 0 Å². The molecule has 0 saturated carbocycles. The molecule has 5 heteroatoms. The van der Waals surface area contributed by atoms with Crippen LogP contribution in [-0.4, -0.2) is 4.98 Å². The maximum absolute atomic E-state index is 5.68. The maximum Gasteiger partial charge on any atom is 0.391 e. The van der Waals surface area contributed by atoms with Crippen LogP contribution >= 0.6 is 15.9 Å². The van der Waals surface area contributed by atoms with Crippen LogP contribution in [0.3, 0.4) is 0 Å². The first-order valence-corrected chi connectivity index (χ1v) is 5.54. The second kappa shape index (κ2) is 4.94. The number of ether oxygens (including phenoxy) is 1. The van der Waals surface area contributed by atoms with Gasteiger partial charge in [0.25, 0.3) is 0 Å². The monoisotopic (exact) mass is 280 g/mol. The molecular weight excluding hydrogens is 270 g/mol. The lowest BCUT2D eigenvalue weighted by Crippen LogP contribution is -2.40. The molecule has 0 spiro atoms. The van der Waals surface area contributed by atoms with E-state index in [-0.39, 0.29) is 0 Å². The van der Waals surface area contributed by atoms with Gasteiger partial charge in [-0.05, 0) is 28.1 Å². The number of nitrogen functional groups attached to an aromatic ring is 1. The summed E-state index contributed by atoms with van der Waals surface area (Å²) >= 11 is 3.41. The van der Waals surface area contributed by atoms with Crippen molar-refractivity contribution in [2.24, 2.45) is 0 Å². The van der Waals surface area contributed by atoms with Crippen molar-refractivity contribution in [3.05, 3.63) is 47.2 Å². The number of anilines is 1. The van der Waals surface area contributed by atoms with Crippen LogP contribution in [-0.2, 0) is 6.73 Å². The number of nitrogens with zero attached hydrogens (tertiary/aromatic N) is 2. The first kappa shape index (κ1) is 10.9. The fraction of sp³-hybridized carbons (Fsp3) is 0.0909. The lowest BCUT2D eigenvalue weighted by Gasteiger charge is -2.07. The number of benzene rings is 1. The molecule has 1 aromatic heterocycles. The molecule has 0 aliphatic rings. The predicted octanol–water partition coefficient (Wildman–Crippen LogP) is 1.75. The molecule has 0 amide bonds. The molecule has 2 N–H and O–H groups in total. The number of para-hydroxylation sites is 1. The Morgan fingerprint density at radius 3 is 2.88 bits per heavy atom. The number of halogens is 1. The van der Waals surface area contributed by atoms with E-state index < -0.39 is 0 Å². The van der Waals surface area contributed by atoms with Crippen molar-refractivity contribution in [2.45, 2.75) is 6.73 Å². The van der Waals surface area contributed by atoms with Crippen LogP contribution in [0.5, 0.6) is 5.75 Å². The summed E-state index contributed by atoms with van der Waals surface area (Å²) in [6.45, 7) is 0.336. The molecule has 0 aliphatic heterocycles. The molecule has 1 aromatic carbocycles. The van der Waals surface area contributed by atoms with Gasteiger partial charge in [-0.1, -0.05) is 17.1 Å². The quantitative estimate of drug-likeness (QED) is 0.872. The molecule has 0 aliphatic carbocycles. The van der Waals surface area contributed by atoms with Gasteiger partial charge in [-0.25, -0.2) is 4.57 Å². The minimum Gasteiger partial charge on any atom is -0.459 e. The minimum absolute atomic E-state index is 0.336. The van der Waals surface area contributed by atoms with E-state index in [0.717, 1.165) is 10.2 Å². The van der Waals surface area contributed by atoms with Crippen molar-refractivity contribution in [3.8, 4) is 5.75 Å². The second-order valence-corrected chi connectivity index (χ2v) is 4.01. The highest BCUT2D eigenvalue weighted by atomic mass is 79.9. The summed E-state index contributed by atoms with van der Waals surface area (Å²) in [5.41, 5.74) is 5.68. The summed E-state index contributed by atoms with van der Waals surface area (Å²) in [5, 5.41) is 0. The zero-order valence-corrected chi connectivity index (χ0v) is 10.1. The fourth-order valence-corrected chi connectivity index (χ4v) is 1.62. The fourth-order valence-electron chi connectivity index (χ4n) is 1.22. The van der Waals surface area contributed by atoms with E-state index in [1.54, 1.807) is 16.8 Å². The van der Waals surface area contributed by atoms with Crippen molar-refractivity contribution >= 4 is 21.9 Å². The average molecular weight is 281 g/mol. The van der Waals surface area contributed by atoms with Crippen LogP contribution in [0.2, 0.25) is 0 Å². The number of hydrogen-bond donors (Lipinski definition) is 1. The van der Waals surface area contributed by atoms with Crippen molar-refractivity contribution < 1.29 is 9.30 Å². The Balaban J connectivity index is 2.09. The summed E-state index contributed by atoms with van der Waals surface area (Å²) in [5.74, 6) is 1.20. The maximum atomic E-state index is 5.68. The van der Waals surface area contributed by atoms with Gasteiger partial charge in [0, 0.05) is 6.07 Å².